The molecular formula is C29H44O2. The topological polar surface area (TPSA) is 18.5 Å². The molecule has 1 unspecified atom stereocenters. The fourth-order valence-electron chi connectivity index (χ4n) is 3.96. The standard InChI is InChI=1S/C29H44O2/c1-4-5-6-7-8-9-10-11-12-13-14-15-24-31-29-22-20-28(21-23-29)27-18-16-26(17-19-27)25(2)30-3/h16-23,25H,4-15,24H2,1-3H3. The van der Waals surface area contributed by atoms with Crippen LogP contribution < -0.4 is 4.74 Å². The number of unbranched alkanes of at least 4 members (excludes halogenated alkanes) is 11. The average Bonchev–Trinajstić information content (AvgIpc) is 2.82. The monoisotopic (exact) mass is 424 g/mol. The summed E-state index contributed by atoms with van der Waals surface area (Å²) in [5, 5.41) is 0. The van der Waals surface area contributed by atoms with E-state index in [1.807, 2.05) is 0 Å². The maximum atomic E-state index is 5.94. The largest absolute Gasteiger partial charge is 0.494 e. The lowest BCUT2D eigenvalue weighted by atomic mass is 10.0. The van der Waals surface area contributed by atoms with E-state index in [0.717, 1.165) is 18.8 Å². The van der Waals surface area contributed by atoms with Gasteiger partial charge in [0, 0.05) is 7.11 Å². The molecule has 0 saturated carbocycles. The number of methoxy groups -OCH3 is 1. The molecule has 0 amide bonds. The van der Waals surface area contributed by atoms with Crippen LogP contribution in [0, 0.1) is 0 Å². The minimum atomic E-state index is 0.130. The second kappa shape index (κ2) is 15.9. The van der Waals surface area contributed by atoms with Gasteiger partial charge in [-0.05, 0) is 42.2 Å². The molecule has 0 saturated heterocycles. The smallest absolute Gasteiger partial charge is 0.119 e. The second-order valence-corrected chi connectivity index (χ2v) is 8.76. The molecule has 2 aromatic carbocycles. The fraction of sp³-hybridized carbons (Fsp3) is 0.586. The van der Waals surface area contributed by atoms with Gasteiger partial charge in [0.25, 0.3) is 0 Å². The quantitative estimate of drug-likeness (QED) is 0.236. The second-order valence-electron chi connectivity index (χ2n) is 8.76. The Balaban J connectivity index is 1.53. The van der Waals surface area contributed by atoms with Crippen molar-refractivity contribution in [1.82, 2.24) is 0 Å². The average molecular weight is 425 g/mol. The minimum absolute atomic E-state index is 0.130. The van der Waals surface area contributed by atoms with Crippen LogP contribution in [-0.4, -0.2) is 13.7 Å². The Morgan fingerprint density at radius 2 is 1.06 bits per heavy atom. The van der Waals surface area contributed by atoms with Gasteiger partial charge in [0.2, 0.25) is 0 Å². The van der Waals surface area contributed by atoms with Gasteiger partial charge in [0.1, 0.15) is 5.75 Å². The molecule has 0 spiro atoms. The van der Waals surface area contributed by atoms with Gasteiger partial charge >= 0.3 is 0 Å². The van der Waals surface area contributed by atoms with Crippen LogP contribution in [-0.2, 0) is 4.74 Å². The molecule has 0 aliphatic carbocycles. The Hall–Kier alpha value is -1.80. The molecule has 2 nitrogen and oxygen atoms in total. The van der Waals surface area contributed by atoms with Gasteiger partial charge in [-0.1, -0.05) is 114 Å². The molecular weight excluding hydrogens is 380 g/mol. The van der Waals surface area contributed by atoms with E-state index in [1.165, 1.54) is 87.3 Å². The van der Waals surface area contributed by atoms with Gasteiger partial charge in [0.05, 0.1) is 12.7 Å². The van der Waals surface area contributed by atoms with Crippen molar-refractivity contribution in [2.75, 3.05) is 13.7 Å². The molecule has 31 heavy (non-hydrogen) atoms. The molecule has 2 rings (SSSR count). The molecule has 0 aliphatic rings. The summed E-state index contributed by atoms with van der Waals surface area (Å²) in [5.74, 6) is 0.969. The maximum Gasteiger partial charge on any atom is 0.119 e. The number of hydrogen-bond donors (Lipinski definition) is 0. The van der Waals surface area contributed by atoms with Crippen molar-refractivity contribution < 1.29 is 9.47 Å². The van der Waals surface area contributed by atoms with Crippen LogP contribution in [0.3, 0.4) is 0 Å². The van der Waals surface area contributed by atoms with Crippen molar-refractivity contribution in [3.05, 3.63) is 54.1 Å². The van der Waals surface area contributed by atoms with Crippen LogP contribution in [0.2, 0.25) is 0 Å². The Bertz CT molecular complexity index is 675. The van der Waals surface area contributed by atoms with E-state index in [9.17, 15) is 0 Å². The van der Waals surface area contributed by atoms with Crippen molar-refractivity contribution in [1.29, 1.82) is 0 Å². The summed E-state index contributed by atoms with van der Waals surface area (Å²) < 4.78 is 11.3. The third-order valence-corrected chi connectivity index (χ3v) is 6.19. The third kappa shape index (κ3) is 10.4. The van der Waals surface area contributed by atoms with Gasteiger partial charge in [-0.2, -0.15) is 0 Å². The molecule has 0 aliphatic heterocycles. The highest BCUT2D eigenvalue weighted by Gasteiger charge is 2.04. The predicted octanol–water partition coefficient (Wildman–Crippen LogP) is 9.14. The molecule has 0 fully saturated rings. The van der Waals surface area contributed by atoms with Gasteiger partial charge in [-0.25, -0.2) is 0 Å². The molecule has 0 radical (unpaired) electrons. The lowest BCUT2D eigenvalue weighted by molar-refractivity contribution is 0.119. The zero-order valence-electron chi connectivity index (χ0n) is 20.2. The highest BCUT2D eigenvalue weighted by Crippen LogP contribution is 2.25. The first kappa shape index (κ1) is 25.5. The van der Waals surface area contributed by atoms with E-state index in [-0.39, 0.29) is 6.10 Å². The summed E-state index contributed by atoms with van der Waals surface area (Å²) in [6, 6.07) is 17.1. The maximum absolute atomic E-state index is 5.94. The highest BCUT2D eigenvalue weighted by atomic mass is 16.5. The van der Waals surface area contributed by atoms with Crippen molar-refractivity contribution >= 4 is 0 Å². The Labute approximate surface area is 191 Å². The van der Waals surface area contributed by atoms with Crippen molar-refractivity contribution in [2.24, 2.45) is 0 Å². The number of benzene rings is 2. The zero-order valence-corrected chi connectivity index (χ0v) is 20.2. The van der Waals surface area contributed by atoms with E-state index >= 15 is 0 Å². The summed E-state index contributed by atoms with van der Waals surface area (Å²) in [6.45, 7) is 5.17. The van der Waals surface area contributed by atoms with E-state index in [0.29, 0.717) is 0 Å². The summed E-state index contributed by atoms with van der Waals surface area (Å²) in [6.07, 6.45) is 16.6. The van der Waals surface area contributed by atoms with Crippen LogP contribution >= 0.6 is 0 Å². The first-order valence-electron chi connectivity index (χ1n) is 12.6. The van der Waals surface area contributed by atoms with Crippen molar-refractivity contribution in [3.63, 3.8) is 0 Å². The van der Waals surface area contributed by atoms with Gasteiger partial charge < -0.3 is 9.47 Å². The van der Waals surface area contributed by atoms with Crippen LogP contribution in [0.5, 0.6) is 5.75 Å². The SMILES string of the molecule is CCCCCCCCCCCCCCOc1ccc(-c2ccc(C(C)OC)cc2)cc1. The summed E-state index contributed by atoms with van der Waals surface area (Å²) in [4.78, 5) is 0. The minimum Gasteiger partial charge on any atom is -0.494 e. The molecule has 1 atom stereocenters. The van der Waals surface area contributed by atoms with E-state index in [1.54, 1.807) is 7.11 Å². The Kier molecular flexibility index (Phi) is 13.1. The Morgan fingerprint density at radius 1 is 0.613 bits per heavy atom. The molecule has 0 bridgehead atoms. The van der Waals surface area contributed by atoms with Gasteiger partial charge in [-0.3, -0.25) is 0 Å². The van der Waals surface area contributed by atoms with E-state index in [4.69, 9.17) is 9.47 Å². The van der Waals surface area contributed by atoms with Crippen LogP contribution in [0.25, 0.3) is 11.1 Å². The van der Waals surface area contributed by atoms with Gasteiger partial charge in [0.15, 0.2) is 0 Å². The molecule has 2 heteroatoms. The number of hydrogen-bond acceptors (Lipinski definition) is 2. The predicted molar refractivity (Wildman–Crippen MR) is 134 cm³/mol. The first-order chi connectivity index (χ1) is 15.2. The molecule has 172 valence electrons. The Morgan fingerprint density at radius 3 is 1.55 bits per heavy atom. The molecule has 0 N–H and O–H groups in total. The third-order valence-electron chi connectivity index (χ3n) is 6.19. The number of rotatable bonds is 17. The fourth-order valence-corrected chi connectivity index (χ4v) is 3.96. The lowest BCUT2D eigenvalue weighted by Gasteiger charge is -2.11. The van der Waals surface area contributed by atoms with Crippen LogP contribution in [0.15, 0.2) is 48.5 Å². The lowest BCUT2D eigenvalue weighted by Crippen LogP contribution is -1.97. The summed E-state index contributed by atoms with van der Waals surface area (Å²) >= 11 is 0. The van der Waals surface area contributed by atoms with Gasteiger partial charge in [-0.15, -0.1) is 0 Å². The van der Waals surface area contributed by atoms with Crippen LogP contribution in [0.1, 0.15) is 103 Å². The van der Waals surface area contributed by atoms with E-state index < -0.39 is 0 Å². The van der Waals surface area contributed by atoms with Crippen molar-refractivity contribution in [2.45, 2.75) is 97.0 Å². The van der Waals surface area contributed by atoms with E-state index in [2.05, 4.69) is 62.4 Å². The molecule has 0 aromatic heterocycles. The molecule has 2 aromatic rings. The normalized spacial score (nSPS) is 12.1. The first-order valence-corrected chi connectivity index (χ1v) is 12.6. The number of ether oxygens (including phenoxy) is 2. The summed E-state index contributed by atoms with van der Waals surface area (Å²) in [7, 11) is 1.74. The zero-order chi connectivity index (χ0) is 22.2. The summed E-state index contributed by atoms with van der Waals surface area (Å²) in [5.41, 5.74) is 3.64. The van der Waals surface area contributed by atoms with Crippen molar-refractivity contribution in [3.8, 4) is 16.9 Å². The molecule has 0 heterocycles. The highest BCUT2D eigenvalue weighted by molar-refractivity contribution is 5.64. The van der Waals surface area contributed by atoms with Crippen LogP contribution in [0.4, 0.5) is 0 Å².